The zero-order valence-electron chi connectivity index (χ0n) is 11.1. The number of hydrogen-bond donors (Lipinski definition) is 1. The number of amides is 1. The van der Waals surface area contributed by atoms with Gasteiger partial charge in [0.05, 0.1) is 5.41 Å². The van der Waals surface area contributed by atoms with Crippen molar-refractivity contribution in [3.63, 3.8) is 0 Å². The summed E-state index contributed by atoms with van der Waals surface area (Å²) in [5.74, 6) is -0.234. The summed E-state index contributed by atoms with van der Waals surface area (Å²) >= 11 is 0. The summed E-state index contributed by atoms with van der Waals surface area (Å²) in [5, 5.41) is 2.98. The molecule has 102 valence electrons. The van der Waals surface area contributed by atoms with Crippen molar-refractivity contribution in [3.05, 3.63) is 71.5 Å². The Morgan fingerprint density at radius 3 is 2.30 bits per heavy atom. The van der Waals surface area contributed by atoms with E-state index in [0.717, 1.165) is 24.0 Å². The molecular formula is C17H16FNO. The van der Waals surface area contributed by atoms with Gasteiger partial charge < -0.3 is 5.32 Å². The quantitative estimate of drug-likeness (QED) is 0.907. The molecule has 3 rings (SSSR count). The first-order valence-electron chi connectivity index (χ1n) is 6.79. The fraction of sp³-hybridized carbons (Fsp3) is 0.235. The largest absolute Gasteiger partial charge is 0.351 e. The Bertz CT molecular complexity index is 603. The van der Waals surface area contributed by atoms with Crippen molar-refractivity contribution in [2.24, 2.45) is 0 Å². The van der Waals surface area contributed by atoms with Crippen LogP contribution in [0.3, 0.4) is 0 Å². The maximum atomic E-state index is 13.0. The van der Waals surface area contributed by atoms with Crippen LogP contribution in [0.15, 0.2) is 54.6 Å². The fourth-order valence-corrected chi connectivity index (χ4v) is 2.49. The minimum absolute atomic E-state index is 0.0351. The molecule has 2 aromatic rings. The second-order valence-electron chi connectivity index (χ2n) is 5.26. The number of benzene rings is 2. The lowest BCUT2D eigenvalue weighted by molar-refractivity contribution is -0.123. The monoisotopic (exact) mass is 269 g/mol. The molecule has 20 heavy (non-hydrogen) atoms. The van der Waals surface area contributed by atoms with Crippen molar-refractivity contribution in [3.8, 4) is 0 Å². The second kappa shape index (κ2) is 5.08. The summed E-state index contributed by atoms with van der Waals surface area (Å²) < 4.78 is 13.0. The predicted molar refractivity (Wildman–Crippen MR) is 75.6 cm³/mol. The van der Waals surface area contributed by atoms with E-state index in [-0.39, 0.29) is 11.7 Å². The van der Waals surface area contributed by atoms with Crippen molar-refractivity contribution < 1.29 is 9.18 Å². The standard InChI is InChI=1S/C17H16FNO/c18-15-8-6-14(7-9-15)17(10-11-17)16(20)19-12-13-4-2-1-3-5-13/h1-9H,10-12H2,(H,19,20). The Morgan fingerprint density at radius 2 is 1.70 bits per heavy atom. The van der Waals surface area contributed by atoms with Gasteiger partial charge in [0.25, 0.3) is 0 Å². The van der Waals surface area contributed by atoms with E-state index in [1.54, 1.807) is 12.1 Å². The smallest absolute Gasteiger partial charge is 0.230 e. The first-order valence-corrected chi connectivity index (χ1v) is 6.79. The molecule has 3 heteroatoms. The zero-order valence-corrected chi connectivity index (χ0v) is 11.1. The van der Waals surface area contributed by atoms with Crippen LogP contribution >= 0.6 is 0 Å². The summed E-state index contributed by atoms with van der Waals surface area (Å²) in [6.45, 7) is 0.530. The lowest BCUT2D eigenvalue weighted by Gasteiger charge is -2.15. The van der Waals surface area contributed by atoms with Gasteiger partial charge in [0.1, 0.15) is 5.82 Å². The lowest BCUT2D eigenvalue weighted by atomic mass is 9.95. The van der Waals surface area contributed by atoms with Gasteiger partial charge in [-0.25, -0.2) is 4.39 Å². The van der Waals surface area contributed by atoms with E-state index in [4.69, 9.17) is 0 Å². The number of hydrogen-bond acceptors (Lipinski definition) is 1. The molecule has 2 nitrogen and oxygen atoms in total. The number of nitrogens with one attached hydrogen (secondary N) is 1. The van der Waals surface area contributed by atoms with Crippen LogP contribution in [-0.2, 0) is 16.8 Å². The average molecular weight is 269 g/mol. The van der Waals surface area contributed by atoms with E-state index in [0.29, 0.717) is 6.54 Å². The zero-order chi connectivity index (χ0) is 14.0. The topological polar surface area (TPSA) is 29.1 Å². The van der Waals surface area contributed by atoms with Crippen LogP contribution in [0.4, 0.5) is 4.39 Å². The molecule has 2 aromatic carbocycles. The third-order valence-electron chi connectivity index (χ3n) is 3.88. The molecule has 0 unspecified atom stereocenters. The summed E-state index contributed by atoms with van der Waals surface area (Å²) in [7, 11) is 0. The highest BCUT2D eigenvalue weighted by atomic mass is 19.1. The third kappa shape index (κ3) is 2.44. The van der Waals surface area contributed by atoms with Gasteiger partial charge in [-0.3, -0.25) is 4.79 Å². The van der Waals surface area contributed by atoms with Gasteiger partial charge >= 0.3 is 0 Å². The van der Waals surface area contributed by atoms with Crippen LogP contribution in [0.2, 0.25) is 0 Å². The second-order valence-corrected chi connectivity index (χ2v) is 5.26. The fourth-order valence-electron chi connectivity index (χ4n) is 2.49. The molecule has 1 fully saturated rings. The van der Waals surface area contributed by atoms with E-state index < -0.39 is 5.41 Å². The van der Waals surface area contributed by atoms with Crippen LogP contribution < -0.4 is 5.32 Å². The van der Waals surface area contributed by atoms with Crippen LogP contribution in [0.5, 0.6) is 0 Å². The van der Waals surface area contributed by atoms with E-state index in [1.165, 1.54) is 12.1 Å². The minimum Gasteiger partial charge on any atom is -0.351 e. The summed E-state index contributed by atoms with van der Waals surface area (Å²) in [6.07, 6.45) is 1.67. The minimum atomic E-state index is -0.442. The first kappa shape index (κ1) is 12.9. The van der Waals surface area contributed by atoms with Crippen LogP contribution in [-0.4, -0.2) is 5.91 Å². The molecule has 0 bridgehead atoms. The van der Waals surface area contributed by atoms with Crippen molar-refractivity contribution in [2.45, 2.75) is 24.8 Å². The highest BCUT2D eigenvalue weighted by molar-refractivity contribution is 5.91. The number of carbonyl (C=O) groups excluding carboxylic acids is 1. The SMILES string of the molecule is O=C(NCc1ccccc1)C1(c2ccc(F)cc2)CC1. The molecule has 0 radical (unpaired) electrons. The highest BCUT2D eigenvalue weighted by Crippen LogP contribution is 2.48. The van der Waals surface area contributed by atoms with Crippen molar-refractivity contribution in [2.75, 3.05) is 0 Å². The Kier molecular flexibility index (Phi) is 3.26. The van der Waals surface area contributed by atoms with Gasteiger partial charge in [0.2, 0.25) is 5.91 Å². The molecule has 0 heterocycles. The highest BCUT2D eigenvalue weighted by Gasteiger charge is 2.50. The molecule has 1 aliphatic carbocycles. The van der Waals surface area contributed by atoms with Gasteiger partial charge in [-0.2, -0.15) is 0 Å². The Hall–Kier alpha value is -2.16. The van der Waals surface area contributed by atoms with Gasteiger partial charge in [0.15, 0.2) is 0 Å². The van der Waals surface area contributed by atoms with Crippen LogP contribution in [0.1, 0.15) is 24.0 Å². The molecule has 0 atom stereocenters. The predicted octanol–water partition coefficient (Wildman–Crippen LogP) is 3.17. The molecule has 0 saturated heterocycles. The van der Waals surface area contributed by atoms with Gasteiger partial charge in [-0.05, 0) is 36.1 Å². The summed E-state index contributed by atoms with van der Waals surface area (Å²) in [6, 6.07) is 16.1. The van der Waals surface area contributed by atoms with E-state index >= 15 is 0 Å². The lowest BCUT2D eigenvalue weighted by Crippen LogP contribution is -2.34. The number of halogens is 1. The molecular weight excluding hydrogens is 253 g/mol. The maximum Gasteiger partial charge on any atom is 0.230 e. The maximum absolute atomic E-state index is 13.0. The molecule has 1 saturated carbocycles. The summed E-state index contributed by atoms with van der Waals surface area (Å²) in [5.41, 5.74) is 1.54. The normalized spacial score (nSPS) is 15.7. The molecule has 0 aliphatic heterocycles. The number of rotatable bonds is 4. The van der Waals surface area contributed by atoms with Crippen LogP contribution in [0, 0.1) is 5.82 Å². The van der Waals surface area contributed by atoms with Crippen molar-refractivity contribution >= 4 is 5.91 Å². The summed E-state index contributed by atoms with van der Waals surface area (Å²) in [4.78, 5) is 12.4. The Morgan fingerprint density at radius 1 is 1.05 bits per heavy atom. The van der Waals surface area contributed by atoms with Gasteiger partial charge in [-0.15, -0.1) is 0 Å². The van der Waals surface area contributed by atoms with E-state index in [9.17, 15) is 9.18 Å². The van der Waals surface area contributed by atoms with Crippen LogP contribution in [0.25, 0.3) is 0 Å². The third-order valence-corrected chi connectivity index (χ3v) is 3.88. The molecule has 0 spiro atoms. The molecule has 1 aliphatic rings. The Balaban J connectivity index is 1.69. The van der Waals surface area contributed by atoms with Crippen molar-refractivity contribution in [1.29, 1.82) is 0 Å². The van der Waals surface area contributed by atoms with E-state index in [1.807, 2.05) is 30.3 Å². The number of carbonyl (C=O) groups is 1. The molecule has 0 aromatic heterocycles. The first-order chi connectivity index (χ1) is 9.71. The van der Waals surface area contributed by atoms with Gasteiger partial charge in [0, 0.05) is 6.54 Å². The molecule has 1 amide bonds. The van der Waals surface area contributed by atoms with E-state index in [2.05, 4.69) is 5.32 Å². The van der Waals surface area contributed by atoms with Gasteiger partial charge in [-0.1, -0.05) is 42.5 Å². The molecule has 1 N–H and O–H groups in total. The average Bonchev–Trinajstić information content (AvgIpc) is 3.28. The Labute approximate surface area is 117 Å². The van der Waals surface area contributed by atoms with Crippen molar-refractivity contribution in [1.82, 2.24) is 5.32 Å².